The first kappa shape index (κ1) is 11.9. The molecule has 1 heterocycles. The Labute approximate surface area is 107 Å². The minimum atomic E-state index is -0.913. The molecular formula is C14H10F3NO. The molecule has 0 bridgehead atoms. The van der Waals surface area contributed by atoms with Crippen LogP contribution in [0.15, 0.2) is 36.4 Å². The third kappa shape index (κ3) is 2.23. The minimum Gasteiger partial charge on any atom is -0.489 e. The zero-order valence-corrected chi connectivity index (χ0v) is 9.79. The van der Waals surface area contributed by atoms with Gasteiger partial charge < -0.3 is 10.1 Å². The van der Waals surface area contributed by atoms with Gasteiger partial charge >= 0.3 is 0 Å². The molecule has 0 saturated carbocycles. The quantitative estimate of drug-likeness (QED) is 0.849. The van der Waals surface area contributed by atoms with Gasteiger partial charge in [0.2, 0.25) is 0 Å². The fourth-order valence-electron chi connectivity index (χ4n) is 2.05. The maximum atomic E-state index is 13.2. The molecule has 1 unspecified atom stereocenters. The second-order valence-electron chi connectivity index (χ2n) is 4.32. The van der Waals surface area contributed by atoms with Crippen molar-refractivity contribution >= 4 is 5.69 Å². The van der Waals surface area contributed by atoms with Gasteiger partial charge in [-0.05, 0) is 29.8 Å². The van der Waals surface area contributed by atoms with Gasteiger partial charge in [-0.15, -0.1) is 0 Å². The molecule has 0 spiro atoms. The van der Waals surface area contributed by atoms with Crippen LogP contribution in [0.2, 0.25) is 0 Å². The molecule has 2 nitrogen and oxygen atoms in total. The van der Waals surface area contributed by atoms with Gasteiger partial charge in [0, 0.05) is 6.07 Å². The van der Waals surface area contributed by atoms with Gasteiger partial charge in [0.25, 0.3) is 0 Å². The maximum absolute atomic E-state index is 13.2. The van der Waals surface area contributed by atoms with Crippen LogP contribution in [0.1, 0.15) is 11.6 Å². The van der Waals surface area contributed by atoms with Crippen molar-refractivity contribution in [2.75, 3.05) is 11.9 Å². The zero-order chi connectivity index (χ0) is 13.4. The van der Waals surface area contributed by atoms with Crippen LogP contribution in [0.3, 0.4) is 0 Å². The van der Waals surface area contributed by atoms with E-state index in [9.17, 15) is 13.2 Å². The number of rotatable bonds is 1. The second-order valence-corrected chi connectivity index (χ2v) is 4.32. The summed E-state index contributed by atoms with van der Waals surface area (Å²) in [6.07, 6.45) is 0. The normalized spacial score (nSPS) is 17.3. The van der Waals surface area contributed by atoms with E-state index in [-0.39, 0.29) is 18.5 Å². The first-order valence-electron chi connectivity index (χ1n) is 5.77. The lowest BCUT2D eigenvalue weighted by atomic mass is 10.1. The van der Waals surface area contributed by atoms with Crippen molar-refractivity contribution in [3.8, 4) is 5.75 Å². The average Bonchev–Trinajstić information content (AvgIpc) is 2.41. The smallest absolute Gasteiger partial charge is 0.159 e. The number of ether oxygens (including phenoxy) is 1. The molecule has 3 rings (SSSR count). The van der Waals surface area contributed by atoms with Crippen LogP contribution in [0.4, 0.5) is 18.9 Å². The summed E-state index contributed by atoms with van der Waals surface area (Å²) in [5, 5.41) is 3.05. The van der Waals surface area contributed by atoms with Gasteiger partial charge in [-0.3, -0.25) is 0 Å². The summed E-state index contributed by atoms with van der Waals surface area (Å²) in [6, 6.07) is 7.45. The van der Waals surface area contributed by atoms with Crippen molar-refractivity contribution in [3.05, 3.63) is 59.4 Å². The lowest BCUT2D eigenvalue weighted by Crippen LogP contribution is -2.24. The molecule has 1 aliphatic heterocycles. The molecule has 98 valence electrons. The van der Waals surface area contributed by atoms with Crippen LogP contribution in [0, 0.1) is 17.5 Å². The van der Waals surface area contributed by atoms with Crippen LogP contribution in [-0.4, -0.2) is 6.61 Å². The van der Waals surface area contributed by atoms with Crippen molar-refractivity contribution in [3.63, 3.8) is 0 Å². The summed E-state index contributed by atoms with van der Waals surface area (Å²) in [5.74, 6) is -1.66. The number of fused-ring (bicyclic) bond motifs is 1. The van der Waals surface area contributed by atoms with Crippen LogP contribution < -0.4 is 10.1 Å². The Morgan fingerprint density at radius 3 is 2.63 bits per heavy atom. The number of benzene rings is 2. The van der Waals surface area contributed by atoms with Gasteiger partial charge in [-0.25, -0.2) is 13.2 Å². The van der Waals surface area contributed by atoms with Crippen molar-refractivity contribution in [1.29, 1.82) is 0 Å². The van der Waals surface area contributed by atoms with E-state index in [1.807, 2.05) is 0 Å². The van der Waals surface area contributed by atoms with Crippen LogP contribution in [0.25, 0.3) is 0 Å². The molecule has 1 aliphatic rings. The van der Waals surface area contributed by atoms with E-state index in [0.29, 0.717) is 17.0 Å². The molecule has 0 aromatic heterocycles. The first-order chi connectivity index (χ1) is 9.13. The maximum Gasteiger partial charge on any atom is 0.159 e. The lowest BCUT2D eigenvalue weighted by Gasteiger charge is -2.27. The van der Waals surface area contributed by atoms with E-state index >= 15 is 0 Å². The van der Waals surface area contributed by atoms with E-state index in [0.717, 1.165) is 12.1 Å². The Balaban J connectivity index is 1.90. The molecule has 0 amide bonds. The molecular weight excluding hydrogens is 255 g/mol. The van der Waals surface area contributed by atoms with Gasteiger partial charge in [0.15, 0.2) is 11.6 Å². The Hall–Kier alpha value is -2.17. The van der Waals surface area contributed by atoms with E-state index in [1.165, 1.54) is 24.3 Å². The van der Waals surface area contributed by atoms with Gasteiger partial charge in [0.1, 0.15) is 18.2 Å². The summed E-state index contributed by atoms with van der Waals surface area (Å²) in [4.78, 5) is 0. The third-order valence-corrected chi connectivity index (χ3v) is 3.02. The summed E-state index contributed by atoms with van der Waals surface area (Å²) in [5.41, 5.74) is 1.05. The Morgan fingerprint density at radius 2 is 1.84 bits per heavy atom. The number of anilines is 1. The van der Waals surface area contributed by atoms with Crippen LogP contribution >= 0.6 is 0 Å². The largest absolute Gasteiger partial charge is 0.489 e. The lowest BCUT2D eigenvalue weighted by molar-refractivity contribution is 0.285. The van der Waals surface area contributed by atoms with Crippen molar-refractivity contribution in [2.24, 2.45) is 0 Å². The standard InChI is InChI=1S/C14H10F3NO/c15-9-2-4-14-12(6-9)18-13(7-19-14)8-1-3-10(16)11(17)5-8/h1-6,13,18H,7H2. The van der Waals surface area contributed by atoms with Gasteiger partial charge in [-0.2, -0.15) is 0 Å². The van der Waals surface area contributed by atoms with Gasteiger partial charge in [0.05, 0.1) is 11.7 Å². The van der Waals surface area contributed by atoms with E-state index in [2.05, 4.69) is 5.32 Å². The average molecular weight is 265 g/mol. The molecule has 0 aliphatic carbocycles. The number of hydrogen-bond donors (Lipinski definition) is 1. The number of nitrogens with one attached hydrogen (secondary N) is 1. The number of halogens is 3. The Kier molecular flexibility index (Phi) is 2.81. The SMILES string of the molecule is Fc1ccc2c(c1)NC(c1ccc(F)c(F)c1)CO2. The molecule has 1 N–H and O–H groups in total. The monoisotopic (exact) mass is 265 g/mol. The topological polar surface area (TPSA) is 21.3 Å². The number of hydrogen-bond acceptors (Lipinski definition) is 2. The summed E-state index contributed by atoms with van der Waals surface area (Å²) in [6.45, 7) is 0.268. The third-order valence-electron chi connectivity index (χ3n) is 3.02. The highest BCUT2D eigenvalue weighted by molar-refractivity contribution is 5.59. The molecule has 0 saturated heterocycles. The van der Waals surface area contributed by atoms with E-state index < -0.39 is 11.6 Å². The molecule has 0 fully saturated rings. The van der Waals surface area contributed by atoms with E-state index in [4.69, 9.17) is 4.74 Å². The summed E-state index contributed by atoms with van der Waals surface area (Å²) in [7, 11) is 0. The van der Waals surface area contributed by atoms with Crippen LogP contribution in [-0.2, 0) is 0 Å². The summed E-state index contributed by atoms with van der Waals surface area (Å²) >= 11 is 0. The highest BCUT2D eigenvalue weighted by Crippen LogP contribution is 2.34. The first-order valence-corrected chi connectivity index (χ1v) is 5.77. The highest BCUT2D eigenvalue weighted by atomic mass is 19.2. The minimum absolute atomic E-state index is 0.268. The van der Waals surface area contributed by atoms with Crippen molar-refractivity contribution in [2.45, 2.75) is 6.04 Å². The predicted molar refractivity (Wildman–Crippen MR) is 64.6 cm³/mol. The summed E-state index contributed by atoms with van der Waals surface area (Å²) < 4.78 is 44.7. The molecule has 2 aromatic carbocycles. The Bertz CT molecular complexity index is 630. The second kappa shape index (κ2) is 4.50. The molecule has 1 atom stereocenters. The van der Waals surface area contributed by atoms with E-state index in [1.54, 1.807) is 0 Å². The fraction of sp³-hybridized carbons (Fsp3) is 0.143. The predicted octanol–water partition coefficient (Wildman–Crippen LogP) is 3.65. The zero-order valence-electron chi connectivity index (χ0n) is 9.79. The fourth-order valence-corrected chi connectivity index (χ4v) is 2.05. The molecule has 5 heteroatoms. The molecule has 19 heavy (non-hydrogen) atoms. The van der Waals surface area contributed by atoms with Crippen LogP contribution in [0.5, 0.6) is 5.75 Å². The van der Waals surface area contributed by atoms with Crippen molar-refractivity contribution in [1.82, 2.24) is 0 Å². The highest BCUT2D eigenvalue weighted by Gasteiger charge is 2.21. The molecule has 2 aromatic rings. The Morgan fingerprint density at radius 1 is 1.00 bits per heavy atom. The van der Waals surface area contributed by atoms with Gasteiger partial charge in [-0.1, -0.05) is 6.07 Å². The molecule has 0 radical (unpaired) electrons. The van der Waals surface area contributed by atoms with Crippen molar-refractivity contribution < 1.29 is 17.9 Å².